The van der Waals surface area contributed by atoms with Crippen molar-refractivity contribution in [3.05, 3.63) is 18.2 Å². The smallest absolute Gasteiger partial charge is 0.306 e. The van der Waals surface area contributed by atoms with Gasteiger partial charge in [0.25, 0.3) is 5.91 Å². The van der Waals surface area contributed by atoms with Crippen LogP contribution in [0.3, 0.4) is 0 Å². The summed E-state index contributed by atoms with van der Waals surface area (Å²) in [5.74, 6) is 0.303. The first-order valence-corrected chi connectivity index (χ1v) is 13.8. The molecule has 190 valence electrons. The number of nitrogens with one attached hydrogen (secondary N) is 2. The van der Waals surface area contributed by atoms with Crippen molar-refractivity contribution in [1.29, 1.82) is 0 Å². The van der Waals surface area contributed by atoms with Crippen LogP contribution in [0.2, 0.25) is 0 Å². The topological polar surface area (TPSA) is 120 Å². The summed E-state index contributed by atoms with van der Waals surface area (Å²) in [5, 5.41) is 2.97. The summed E-state index contributed by atoms with van der Waals surface area (Å²) in [6, 6.07) is 4.71. The van der Waals surface area contributed by atoms with Crippen LogP contribution in [-0.4, -0.2) is 52.7 Å². The molecule has 1 aliphatic carbocycles. The van der Waals surface area contributed by atoms with E-state index in [-0.39, 0.29) is 36.4 Å². The van der Waals surface area contributed by atoms with Gasteiger partial charge in [0.05, 0.1) is 4.90 Å². The van der Waals surface area contributed by atoms with Crippen LogP contribution in [0.1, 0.15) is 70.6 Å². The Labute approximate surface area is 202 Å². The van der Waals surface area contributed by atoms with E-state index in [2.05, 4.69) is 10.0 Å². The van der Waals surface area contributed by atoms with E-state index in [1.807, 2.05) is 0 Å². The van der Waals surface area contributed by atoms with Gasteiger partial charge in [0.15, 0.2) is 18.1 Å². The number of amides is 1. The van der Waals surface area contributed by atoms with Crippen molar-refractivity contribution in [3.63, 3.8) is 0 Å². The van der Waals surface area contributed by atoms with E-state index in [4.69, 9.17) is 14.2 Å². The molecule has 0 atom stereocenters. The fraction of sp³-hybridized carbons (Fsp3) is 0.667. The zero-order valence-corrected chi connectivity index (χ0v) is 20.5. The zero-order valence-electron chi connectivity index (χ0n) is 19.7. The van der Waals surface area contributed by atoms with Crippen LogP contribution in [0.25, 0.3) is 0 Å². The SMILES string of the molecule is O=C(COC(=O)CCCCCNS(=O)(=O)c1ccc2c(c1)OCCO2)NC1CCCCCCC1. The molecule has 10 heteroatoms. The second kappa shape index (κ2) is 13.5. The maximum Gasteiger partial charge on any atom is 0.306 e. The summed E-state index contributed by atoms with van der Waals surface area (Å²) in [6.07, 6.45) is 9.91. The van der Waals surface area contributed by atoms with Crippen molar-refractivity contribution in [3.8, 4) is 11.5 Å². The summed E-state index contributed by atoms with van der Waals surface area (Å²) >= 11 is 0. The molecule has 0 spiro atoms. The van der Waals surface area contributed by atoms with E-state index in [0.29, 0.717) is 44.0 Å². The lowest BCUT2D eigenvalue weighted by atomic mass is 9.97. The van der Waals surface area contributed by atoms with E-state index in [0.717, 1.165) is 25.7 Å². The van der Waals surface area contributed by atoms with Crippen LogP contribution in [0.15, 0.2) is 23.1 Å². The van der Waals surface area contributed by atoms with Crippen molar-refractivity contribution in [2.45, 2.75) is 81.6 Å². The molecule has 0 aromatic heterocycles. The normalized spacial score (nSPS) is 16.8. The minimum atomic E-state index is -3.65. The Balaban J connectivity index is 1.26. The third kappa shape index (κ3) is 8.79. The Morgan fingerprint density at radius 2 is 1.65 bits per heavy atom. The fourth-order valence-corrected chi connectivity index (χ4v) is 5.23. The zero-order chi connectivity index (χ0) is 24.2. The van der Waals surface area contributed by atoms with E-state index in [1.54, 1.807) is 6.07 Å². The van der Waals surface area contributed by atoms with Gasteiger partial charge in [-0.3, -0.25) is 9.59 Å². The Morgan fingerprint density at radius 3 is 2.41 bits per heavy atom. The van der Waals surface area contributed by atoms with Crippen molar-refractivity contribution in [1.82, 2.24) is 10.0 Å². The Hall–Kier alpha value is -2.33. The maximum atomic E-state index is 12.5. The minimum Gasteiger partial charge on any atom is -0.486 e. The van der Waals surface area contributed by atoms with Crippen molar-refractivity contribution >= 4 is 21.9 Å². The number of carbonyl (C=O) groups is 2. The highest BCUT2D eigenvalue weighted by atomic mass is 32.2. The molecule has 0 saturated heterocycles. The third-order valence-electron chi connectivity index (χ3n) is 6.01. The Bertz CT molecular complexity index is 912. The van der Waals surface area contributed by atoms with Gasteiger partial charge >= 0.3 is 5.97 Å². The summed E-state index contributed by atoms with van der Waals surface area (Å²) in [4.78, 5) is 24.1. The molecule has 34 heavy (non-hydrogen) atoms. The molecule has 9 nitrogen and oxygen atoms in total. The lowest BCUT2D eigenvalue weighted by Crippen LogP contribution is -2.38. The van der Waals surface area contributed by atoms with Crippen molar-refractivity contribution in [2.24, 2.45) is 0 Å². The van der Waals surface area contributed by atoms with Gasteiger partial charge in [0, 0.05) is 25.1 Å². The van der Waals surface area contributed by atoms with Crippen LogP contribution >= 0.6 is 0 Å². The Morgan fingerprint density at radius 1 is 0.941 bits per heavy atom. The van der Waals surface area contributed by atoms with E-state index in [9.17, 15) is 18.0 Å². The van der Waals surface area contributed by atoms with Crippen LogP contribution in [0.5, 0.6) is 11.5 Å². The van der Waals surface area contributed by atoms with Gasteiger partial charge in [0.2, 0.25) is 10.0 Å². The second-order valence-corrected chi connectivity index (χ2v) is 10.6. The molecule has 1 amide bonds. The molecule has 2 N–H and O–H groups in total. The average Bonchev–Trinajstić information content (AvgIpc) is 2.81. The number of carbonyl (C=O) groups excluding carboxylic acids is 2. The highest BCUT2D eigenvalue weighted by molar-refractivity contribution is 7.89. The van der Waals surface area contributed by atoms with Crippen LogP contribution in [-0.2, 0) is 24.3 Å². The number of unbranched alkanes of at least 4 members (excludes halogenated alkanes) is 2. The van der Waals surface area contributed by atoms with E-state index in [1.165, 1.54) is 31.4 Å². The molecule has 2 aliphatic rings. The van der Waals surface area contributed by atoms with Gasteiger partial charge < -0.3 is 19.5 Å². The number of benzene rings is 1. The largest absolute Gasteiger partial charge is 0.486 e. The molecule has 1 heterocycles. The summed E-state index contributed by atoms with van der Waals surface area (Å²) in [7, 11) is -3.65. The standard InChI is InChI=1S/C24H36N2O7S/c27-23(26-19-9-5-2-1-3-6-10-19)18-33-24(28)11-7-4-8-14-25-34(29,30)20-12-13-21-22(17-20)32-16-15-31-21/h12-13,17,19,25H,1-11,14-16,18H2,(H,26,27). The summed E-state index contributed by atoms with van der Waals surface area (Å²) < 4.78 is 43.4. The summed E-state index contributed by atoms with van der Waals surface area (Å²) in [6.45, 7) is 0.844. The molecular formula is C24H36N2O7S. The Kier molecular flexibility index (Phi) is 10.5. The molecule has 1 saturated carbocycles. The van der Waals surface area contributed by atoms with E-state index >= 15 is 0 Å². The van der Waals surface area contributed by atoms with Crippen LogP contribution < -0.4 is 19.5 Å². The molecule has 0 radical (unpaired) electrons. The van der Waals surface area contributed by atoms with E-state index < -0.39 is 16.0 Å². The average molecular weight is 497 g/mol. The highest BCUT2D eigenvalue weighted by Gasteiger charge is 2.19. The predicted molar refractivity (Wildman–Crippen MR) is 126 cm³/mol. The maximum absolute atomic E-state index is 12.5. The number of fused-ring (bicyclic) bond motifs is 1. The lowest BCUT2D eigenvalue weighted by Gasteiger charge is -2.20. The van der Waals surface area contributed by atoms with Crippen molar-refractivity contribution < 1.29 is 32.2 Å². The highest BCUT2D eigenvalue weighted by Crippen LogP contribution is 2.32. The number of esters is 1. The molecule has 1 aliphatic heterocycles. The van der Waals surface area contributed by atoms with Gasteiger partial charge in [-0.1, -0.05) is 38.5 Å². The number of hydrogen-bond donors (Lipinski definition) is 2. The number of rotatable bonds is 11. The number of ether oxygens (including phenoxy) is 3. The molecular weight excluding hydrogens is 460 g/mol. The van der Waals surface area contributed by atoms with Gasteiger partial charge in [-0.2, -0.15) is 0 Å². The molecule has 1 fully saturated rings. The van der Waals surface area contributed by atoms with Crippen molar-refractivity contribution in [2.75, 3.05) is 26.4 Å². The predicted octanol–water partition coefficient (Wildman–Crippen LogP) is 3.07. The minimum absolute atomic E-state index is 0.123. The fourth-order valence-electron chi connectivity index (χ4n) is 4.14. The van der Waals surface area contributed by atoms with Crippen LogP contribution in [0.4, 0.5) is 0 Å². The quantitative estimate of drug-likeness (QED) is 0.357. The summed E-state index contributed by atoms with van der Waals surface area (Å²) in [5.41, 5.74) is 0. The monoisotopic (exact) mass is 496 g/mol. The van der Waals surface area contributed by atoms with Gasteiger partial charge in [-0.05, 0) is 37.8 Å². The first kappa shape index (κ1) is 26.3. The molecule has 3 rings (SSSR count). The lowest BCUT2D eigenvalue weighted by molar-refractivity contribution is -0.148. The van der Waals surface area contributed by atoms with Crippen LogP contribution in [0, 0.1) is 0 Å². The second-order valence-electron chi connectivity index (χ2n) is 8.78. The number of hydrogen-bond acceptors (Lipinski definition) is 7. The third-order valence-corrected chi connectivity index (χ3v) is 7.47. The molecule has 1 aromatic rings. The first-order valence-electron chi connectivity index (χ1n) is 12.3. The van der Waals surface area contributed by atoms with Gasteiger partial charge in [-0.15, -0.1) is 0 Å². The first-order chi connectivity index (χ1) is 16.4. The van der Waals surface area contributed by atoms with Gasteiger partial charge in [0.1, 0.15) is 13.2 Å². The molecule has 1 aromatic carbocycles. The molecule has 0 bridgehead atoms. The molecule has 0 unspecified atom stereocenters. The van der Waals surface area contributed by atoms with Gasteiger partial charge in [-0.25, -0.2) is 13.1 Å². The number of sulfonamides is 1.